The van der Waals surface area contributed by atoms with E-state index in [2.05, 4.69) is 26.0 Å². The number of nitrogens with zero attached hydrogens (tertiary/aromatic N) is 2. The van der Waals surface area contributed by atoms with Crippen LogP contribution in [-0.4, -0.2) is 113 Å². The molecule has 1 aromatic carbocycles. The van der Waals surface area contributed by atoms with E-state index in [1.807, 2.05) is 0 Å². The maximum absolute atomic E-state index is 14.3. The van der Waals surface area contributed by atoms with Gasteiger partial charge in [-0.05, 0) is 50.0 Å². The predicted octanol–water partition coefficient (Wildman–Crippen LogP) is 0.672. The first-order valence-electron chi connectivity index (χ1n) is 18.4. The zero-order valence-electron chi connectivity index (χ0n) is 32.5. The number of benzene rings is 1. The van der Waals surface area contributed by atoms with Crippen LogP contribution in [0.4, 0.5) is 5.69 Å². The van der Waals surface area contributed by atoms with Gasteiger partial charge in [0.15, 0.2) is 0 Å². The molecule has 312 valence electrons. The number of carboxylic acids is 1. The maximum atomic E-state index is 14.3. The van der Waals surface area contributed by atoms with Crippen LogP contribution < -0.4 is 27.0 Å². The summed E-state index contributed by atoms with van der Waals surface area (Å²) in [6.45, 7) is 5.75. The molecule has 7 N–H and O–H groups in total. The van der Waals surface area contributed by atoms with Crippen molar-refractivity contribution in [3.63, 3.8) is 0 Å². The molecule has 1 saturated carbocycles. The number of methoxy groups -OCH3 is 1. The van der Waals surface area contributed by atoms with Crippen molar-refractivity contribution in [1.29, 1.82) is 0 Å². The lowest BCUT2D eigenvalue weighted by atomic mass is 9.83. The minimum absolute atomic E-state index is 0.00150. The van der Waals surface area contributed by atoms with Gasteiger partial charge < -0.3 is 46.5 Å². The molecule has 0 radical (unpaired) electrons. The Bertz CT molecular complexity index is 1750. The minimum Gasteiger partial charge on any atom is -0.478 e. The number of nitro groups is 1. The van der Waals surface area contributed by atoms with Crippen LogP contribution in [0.2, 0.25) is 0 Å². The van der Waals surface area contributed by atoms with Crippen LogP contribution in [0.5, 0.6) is 0 Å². The molecule has 2 aliphatic rings. The summed E-state index contributed by atoms with van der Waals surface area (Å²) in [5.74, 6) is -7.37. The van der Waals surface area contributed by atoms with Gasteiger partial charge in [-0.15, -0.1) is 0 Å². The van der Waals surface area contributed by atoms with Gasteiger partial charge in [-0.2, -0.15) is 0 Å². The Kier molecular flexibility index (Phi) is 16.2. The Morgan fingerprint density at radius 3 is 2.26 bits per heavy atom. The summed E-state index contributed by atoms with van der Waals surface area (Å²) in [6, 6.07) is -3.56. The molecule has 1 aliphatic carbocycles. The van der Waals surface area contributed by atoms with E-state index in [4.69, 9.17) is 10.5 Å². The number of esters is 1. The monoisotopic (exact) mass is 801 g/mol. The molecule has 1 saturated heterocycles. The Morgan fingerprint density at radius 1 is 1.02 bits per heavy atom. The maximum Gasteiger partial charge on any atom is 0.336 e. The van der Waals surface area contributed by atoms with Crippen molar-refractivity contribution in [3.8, 4) is 0 Å². The third-order valence-electron chi connectivity index (χ3n) is 9.74. The molecular weight excluding hydrogens is 750 g/mol. The largest absolute Gasteiger partial charge is 0.478 e. The molecule has 1 aromatic rings. The third kappa shape index (κ3) is 12.5. The number of aromatic carboxylic acids is 1. The average molecular weight is 802 g/mol. The number of hydrogen-bond donors (Lipinski definition) is 6. The lowest BCUT2D eigenvalue weighted by Gasteiger charge is -2.36. The van der Waals surface area contributed by atoms with Crippen molar-refractivity contribution in [2.75, 3.05) is 20.4 Å². The summed E-state index contributed by atoms with van der Waals surface area (Å²) in [5.41, 5.74) is 2.56. The van der Waals surface area contributed by atoms with Gasteiger partial charge in [0.25, 0.3) is 11.6 Å². The van der Waals surface area contributed by atoms with Crippen LogP contribution in [0.25, 0.3) is 0 Å². The van der Waals surface area contributed by atoms with Crippen LogP contribution in [0, 0.1) is 21.4 Å². The molecule has 6 amide bonds. The topological polar surface area (TPSA) is 296 Å². The predicted molar refractivity (Wildman–Crippen MR) is 200 cm³/mol. The number of amides is 6. The lowest BCUT2D eigenvalue weighted by molar-refractivity contribution is -0.384. The number of hydrogen-bond acceptors (Lipinski definition) is 12. The van der Waals surface area contributed by atoms with E-state index in [-0.39, 0.29) is 32.1 Å². The molecule has 0 spiro atoms. The molecule has 0 aromatic heterocycles. The molecule has 3 rings (SSSR count). The number of carbonyl (C=O) groups excluding carboxylic acids is 7. The molecule has 0 bridgehead atoms. The van der Waals surface area contributed by atoms with E-state index in [0.29, 0.717) is 12.8 Å². The molecule has 0 unspecified atom stereocenters. The number of carboxylic acid groups (broad SMARTS) is 1. The van der Waals surface area contributed by atoms with E-state index in [0.717, 1.165) is 55.5 Å². The van der Waals surface area contributed by atoms with Crippen LogP contribution in [-0.2, 0) is 38.2 Å². The molecule has 20 nitrogen and oxygen atoms in total. The van der Waals surface area contributed by atoms with E-state index >= 15 is 0 Å². The Labute approximate surface area is 328 Å². The molecule has 2 fully saturated rings. The summed E-state index contributed by atoms with van der Waals surface area (Å²) < 4.78 is 10.1. The van der Waals surface area contributed by atoms with Gasteiger partial charge >= 0.3 is 11.9 Å². The first-order valence-corrected chi connectivity index (χ1v) is 18.4. The fourth-order valence-corrected chi connectivity index (χ4v) is 6.46. The number of allylic oxidation sites excluding steroid dienone is 1. The fraction of sp³-hybridized carbons (Fsp3) is 0.568. The normalized spacial score (nSPS) is 18.1. The Morgan fingerprint density at radius 2 is 1.68 bits per heavy atom. The minimum atomic E-state index is -1.56. The number of ether oxygens (including phenoxy) is 2. The third-order valence-corrected chi connectivity index (χ3v) is 9.74. The van der Waals surface area contributed by atoms with Crippen molar-refractivity contribution in [2.24, 2.45) is 17.1 Å². The fourth-order valence-electron chi connectivity index (χ4n) is 6.46. The van der Waals surface area contributed by atoms with Gasteiger partial charge in [0.05, 0.1) is 29.8 Å². The van der Waals surface area contributed by atoms with Crippen LogP contribution in [0.15, 0.2) is 30.4 Å². The SMILES string of the molecule is COC(=O)/C=C/CC[C@H](NC(=O)c1cc([N+](=O)[O-])ccc1C(=O)O)C(=O)N[C@H](C(=O)N1COC[C@H]1C(=O)N[C@H](C(=O)N[C@@H](C)C(N)=O)C1CCCCC1)C(C)(C)C. The van der Waals surface area contributed by atoms with Crippen molar-refractivity contribution in [3.05, 3.63) is 51.6 Å². The Balaban J connectivity index is 1.90. The van der Waals surface area contributed by atoms with Crippen molar-refractivity contribution in [2.45, 2.75) is 103 Å². The number of carbonyl (C=O) groups is 8. The number of primary amides is 1. The summed E-state index contributed by atoms with van der Waals surface area (Å²) in [7, 11) is 1.16. The van der Waals surface area contributed by atoms with Crippen LogP contribution >= 0.6 is 0 Å². The van der Waals surface area contributed by atoms with Gasteiger partial charge in [-0.1, -0.05) is 46.1 Å². The number of rotatable bonds is 17. The second kappa shape index (κ2) is 20.3. The van der Waals surface area contributed by atoms with E-state index in [1.54, 1.807) is 20.8 Å². The molecule has 20 heteroatoms. The number of nitrogens with two attached hydrogens (primary N) is 1. The van der Waals surface area contributed by atoms with Gasteiger partial charge in [-0.3, -0.25) is 38.9 Å². The lowest BCUT2D eigenvalue weighted by Crippen LogP contribution is -2.62. The van der Waals surface area contributed by atoms with E-state index in [1.165, 1.54) is 13.0 Å². The van der Waals surface area contributed by atoms with E-state index < -0.39 is 105 Å². The smallest absolute Gasteiger partial charge is 0.336 e. The summed E-state index contributed by atoms with van der Waals surface area (Å²) in [6.07, 6.45) is 6.15. The standard InChI is InChI=1S/C37H51N7O13/c1-20(30(38)46)39-34(50)28(21-11-7-6-8-12-21)41-33(49)26-18-57-19-43(26)35(51)29(37(2,3)4)42-32(48)25(13-9-10-14-27(45)56-5)40-31(47)24-17-22(44(54)55)15-16-23(24)36(52)53/h10,14-17,20-21,25-26,28-29H,6-9,11-13,18-19H2,1-5H3,(H2,38,46)(H,39,50)(H,40,47)(H,41,49)(H,42,48)(H,52,53)/b14-10+/t20-,25-,26-,28-,29+/m0/s1. The summed E-state index contributed by atoms with van der Waals surface area (Å²) in [5, 5.41) is 31.4. The zero-order valence-corrected chi connectivity index (χ0v) is 32.5. The van der Waals surface area contributed by atoms with Gasteiger partial charge in [0.1, 0.15) is 36.9 Å². The highest BCUT2D eigenvalue weighted by Gasteiger charge is 2.44. The molecule has 57 heavy (non-hydrogen) atoms. The Hall–Kier alpha value is -5.92. The highest BCUT2D eigenvalue weighted by Crippen LogP contribution is 2.28. The van der Waals surface area contributed by atoms with Crippen molar-refractivity contribution in [1.82, 2.24) is 26.2 Å². The van der Waals surface area contributed by atoms with Crippen LogP contribution in [0.3, 0.4) is 0 Å². The summed E-state index contributed by atoms with van der Waals surface area (Å²) in [4.78, 5) is 116. The zero-order chi connectivity index (χ0) is 42.6. The highest BCUT2D eigenvalue weighted by molar-refractivity contribution is 6.06. The molecular formula is C37H51N7O13. The quantitative estimate of drug-likeness (QED) is 0.0547. The second-order valence-electron chi connectivity index (χ2n) is 15.0. The van der Waals surface area contributed by atoms with Crippen molar-refractivity contribution < 1.29 is 57.9 Å². The molecule has 1 heterocycles. The first-order chi connectivity index (χ1) is 26.8. The number of nitrogens with one attached hydrogen (secondary N) is 4. The first kappa shape index (κ1) is 45.5. The number of non-ortho nitro benzene ring substituents is 1. The highest BCUT2D eigenvalue weighted by atomic mass is 16.6. The molecule has 5 atom stereocenters. The number of nitro benzene ring substituents is 1. The summed E-state index contributed by atoms with van der Waals surface area (Å²) >= 11 is 0. The van der Waals surface area contributed by atoms with Gasteiger partial charge in [0.2, 0.25) is 29.5 Å². The van der Waals surface area contributed by atoms with Gasteiger partial charge in [0, 0.05) is 18.2 Å². The van der Waals surface area contributed by atoms with E-state index in [9.17, 15) is 53.6 Å². The van der Waals surface area contributed by atoms with Crippen LogP contribution in [0.1, 0.15) is 93.4 Å². The second-order valence-corrected chi connectivity index (χ2v) is 15.0. The average Bonchev–Trinajstić information content (AvgIpc) is 3.66. The molecule has 1 aliphatic heterocycles. The van der Waals surface area contributed by atoms with Crippen molar-refractivity contribution >= 4 is 53.1 Å². The van der Waals surface area contributed by atoms with Gasteiger partial charge in [-0.25, -0.2) is 9.59 Å².